The normalized spacial score (nSPS) is 14.2. The number of hydrogen-bond acceptors (Lipinski definition) is 5. The van der Waals surface area contributed by atoms with Crippen LogP contribution in [0.25, 0.3) is 5.65 Å². The number of rotatable bonds is 1. The summed E-state index contributed by atoms with van der Waals surface area (Å²) >= 11 is 6.16. The van der Waals surface area contributed by atoms with E-state index in [4.69, 9.17) is 16.3 Å². The van der Waals surface area contributed by atoms with Crippen LogP contribution in [0.5, 0.6) is 0 Å². The first-order valence-electron chi connectivity index (χ1n) is 6.99. The summed E-state index contributed by atoms with van der Waals surface area (Å²) in [5, 5.41) is 13.4. The molecule has 0 unspecified atom stereocenters. The molecule has 0 aliphatic carbocycles. The molecule has 1 N–H and O–H groups in total. The van der Waals surface area contributed by atoms with Crippen LogP contribution < -0.4 is 4.90 Å². The van der Waals surface area contributed by atoms with Crippen LogP contribution in [0.15, 0.2) is 6.20 Å². The number of carbonyl (C=O) groups is 2. The molecular formula is C14H15ClN4O4. The summed E-state index contributed by atoms with van der Waals surface area (Å²) in [7, 11) is 0. The Hall–Kier alpha value is -2.35. The topological polar surface area (TPSA) is 97.0 Å². The SMILES string of the molecule is CC(C)(C)OC(=O)N1CCc2c(Cl)nc3c(C(=O)O)cnn3c21. The summed E-state index contributed by atoms with van der Waals surface area (Å²) in [6.45, 7) is 5.68. The highest BCUT2D eigenvalue weighted by Crippen LogP contribution is 2.34. The Bertz CT molecular complexity index is 824. The number of nitrogens with zero attached hydrogens (tertiary/aromatic N) is 4. The van der Waals surface area contributed by atoms with Gasteiger partial charge in [-0.1, -0.05) is 11.6 Å². The maximum atomic E-state index is 12.4. The molecule has 0 fully saturated rings. The molecule has 1 aliphatic rings. The minimum Gasteiger partial charge on any atom is -0.477 e. The van der Waals surface area contributed by atoms with Crippen molar-refractivity contribution < 1.29 is 19.4 Å². The average Bonchev–Trinajstić information content (AvgIpc) is 2.99. The first kappa shape index (κ1) is 15.5. The minimum absolute atomic E-state index is 0.0780. The molecule has 1 aliphatic heterocycles. The van der Waals surface area contributed by atoms with Crippen LogP contribution in [0.1, 0.15) is 36.7 Å². The van der Waals surface area contributed by atoms with Crippen molar-refractivity contribution >= 4 is 35.1 Å². The van der Waals surface area contributed by atoms with Crippen molar-refractivity contribution in [2.24, 2.45) is 0 Å². The molecule has 3 heterocycles. The fourth-order valence-electron chi connectivity index (χ4n) is 2.45. The van der Waals surface area contributed by atoms with Gasteiger partial charge in [0, 0.05) is 12.1 Å². The minimum atomic E-state index is -1.16. The van der Waals surface area contributed by atoms with Gasteiger partial charge in [-0.3, -0.25) is 4.90 Å². The molecule has 0 saturated heterocycles. The highest BCUT2D eigenvalue weighted by Gasteiger charge is 2.34. The van der Waals surface area contributed by atoms with Gasteiger partial charge in [-0.2, -0.15) is 9.61 Å². The lowest BCUT2D eigenvalue weighted by Gasteiger charge is -2.24. The van der Waals surface area contributed by atoms with Gasteiger partial charge in [0.15, 0.2) is 5.65 Å². The number of carbonyl (C=O) groups excluding carboxylic acids is 1. The quantitative estimate of drug-likeness (QED) is 0.802. The molecule has 0 bridgehead atoms. The number of amides is 1. The lowest BCUT2D eigenvalue weighted by Crippen LogP contribution is -2.36. The Morgan fingerprint density at radius 1 is 1.39 bits per heavy atom. The Balaban J connectivity index is 2.14. The van der Waals surface area contributed by atoms with E-state index in [1.54, 1.807) is 20.8 Å². The monoisotopic (exact) mass is 338 g/mol. The number of halogens is 1. The lowest BCUT2D eigenvalue weighted by atomic mass is 10.2. The van der Waals surface area contributed by atoms with E-state index in [1.165, 1.54) is 15.6 Å². The molecule has 2 aromatic rings. The highest BCUT2D eigenvalue weighted by atomic mass is 35.5. The van der Waals surface area contributed by atoms with Crippen LogP contribution >= 0.6 is 11.6 Å². The van der Waals surface area contributed by atoms with E-state index < -0.39 is 17.7 Å². The third kappa shape index (κ3) is 2.59. The van der Waals surface area contributed by atoms with E-state index >= 15 is 0 Å². The van der Waals surface area contributed by atoms with Crippen LogP contribution in [0, 0.1) is 0 Å². The number of hydrogen-bond donors (Lipinski definition) is 1. The fraction of sp³-hybridized carbons (Fsp3) is 0.429. The summed E-state index contributed by atoms with van der Waals surface area (Å²) in [6.07, 6.45) is 1.15. The molecule has 9 heteroatoms. The van der Waals surface area contributed by atoms with Gasteiger partial charge in [-0.05, 0) is 27.2 Å². The molecule has 1 amide bonds. The molecule has 0 radical (unpaired) electrons. The number of anilines is 1. The number of carboxylic acids is 1. The third-order valence-electron chi connectivity index (χ3n) is 3.35. The number of ether oxygens (including phenoxy) is 1. The van der Waals surface area contributed by atoms with Gasteiger partial charge in [-0.15, -0.1) is 0 Å². The van der Waals surface area contributed by atoms with Crippen molar-refractivity contribution in [2.45, 2.75) is 32.8 Å². The maximum Gasteiger partial charge on any atom is 0.416 e. The Morgan fingerprint density at radius 2 is 2.09 bits per heavy atom. The largest absolute Gasteiger partial charge is 0.477 e. The van der Waals surface area contributed by atoms with Crippen molar-refractivity contribution in [3.05, 3.63) is 22.5 Å². The third-order valence-corrected chi connectivity index (χ3v) is 3.67. The predicted octanol–water partition coefficient (Wildman–Crippen LogP) is 2.38. The summed E-state index contributed by atoms with van der Waals surface area (Å²) in [5.74, 6) is -0.757. The molecule has 0 atom stereocenters. The van der Waals surface area contributed by atoms with Crippen molar-refractivity contribution in [1.29, 1.82) is 0 Å². The summed E-state index contributed by atoms with van der Waals surface area (Å²) < 4.78 is 6.71. The van der Waals surface area contributed by atoms with E-state index in [2.05, 4.69) is 10.1 Å². The van der Waals surface area contributed by atoms with Crippen LogP contribution in [0.3, 0.4) is 0 Å². The zero-order valence-electron chi connectivity index (χ0n) is 12.8. The first-order valence-corrected chi connectivity index (χ1v) is 7.37. The number of carboxylic acid groups (broad SMARTS) is 1. The second-order valence-corrected chi connectivity index (χ2v) is 6.54. The van der Waals surface area contributed by atoms with Crippen LogP contribution in [-0.4, -0.2) is 43.9 Å². The van der Waals surface area contributed by atoms with Gasteiger partial charge < -0.3 is 9.84 Å². The van der Waals surface area contributed by atoms with Crippen LogP contribution in [0.4, 0.5) is 10.6 Å². The Morgan fingerprint density at radius 3 is 2.70 bits per heavy atom. The molecular weight excluding hydrogens is 324 g/mol. The molecule has 0 aromatic carbocycles. The summed E-state index contributed by atoms with van der Waals surface area (Å²) in [5.41, 5.74) is 0.0130. The Kier molecular flexibility index (Phi) is 3.44. The van der Waals surface area contributed by atoms with Crippen molar-refractivity contribution in [2.75, 3.05) is 11.4 Å². The van der Waals surface area contributed by atoms with E-state index in [0.29, 0.717) is 24.3 Å². The zero-order valence-corrected chi connectivity index (χ0v) is 13.6. The van der Waals surface area contributed by atoms with Gasteiger partial charge in [0.1, 0.15) is 22.1 Å². The second-order valence-electron chi connectivity index (χ2n) is 6.19. The van der Waals surface area contributed by atoms with Crippen LogP contribution in [-0.2, 0) is 11.2 Å². The van der Waals surface area contributed by atoms with E-state index in [0.717, 1.165) is 0 Å². The van der Waals surface area contributed by atoms with Gasteiger partial charge in [-0.25, -0.2) is 14.6 Å². The van der Waals surface area contributed by atoms with Gasteiger partial charge in [0.2, 0.25) is 0 Å². The van der Waals surface area contributed by atoms with Crippen molar-refractivity contribution in [3.63, 3.8) is 0 Å². The number of aromatic nitrogens is 3. The smallest absolute Gasteiger partial charge is 0.416 e. The van der Waals surface area contributed by atoms with Gasteiger partial charge in [0.25, 0.3) is 0 Å². The lowest BCUT2D eigenvalue weighted by molar-refractivity contribution is 0.0581. The summed E-state index contributed by atoms with van der Waals surface area (Å²) in [6, 6.07) is 0. The number of aromatic carboxylic acids is 1. The highest BCUT2D eigenvalue weighted by molar-refractivity contribution is 6.31. The first-order chi connectivity index (χ1) is 10.7. The van der Waals surface area contributed by atoms with E-state index in [9.17, 15) is 14.7 Å². The maximum absolute atomic E-state index is 12.4. The van der Waals surface area contributed by atoms with Crippen LogP contribution in [0.2, 0.25) is 5.15 Å². The molecule has 0 saturated carbocycles. The average molecular weight is 339 g/mol. The zero-order chi connectivity index (χ0) is 16.9. The molecule has 122 valence electrons. The fourth-order valence-corrected chi connectivity index (χ4v) is 2.71. The summed E-state index contributed by atoms with van der Waals surface area (Å²) in [4.78, 5) is 29.2. The van der Waals surface area contributed by atoms with E-state index in [-0.39, 0.29) is 16.4 Å². The molecule has 0 spiro atoms. The van der Waals surface area contributed by atoms with Crippen molar-refractivity contribution in [1.82, 2.24) is 14.6 Å². The molecule has 2 aromatic heterocycles. The molecule has 8 nitrogen and oxygen atoms in total. The Labute approximate surface area is 136 Å². The standard InChI is InChI=1S/C14H15ClN4O4/c1-14(2,3)23-13(22)18-5-4-7-9(15)17-10-8(12(20)21)6-16-19(10)11(7)18/h6H,4-5H2,1-3H3,(H,20,21). The second kappa shape index (κ2) is 5.09. The molecule has 23 heavy (non-hydrogen) atoms. The van der Waals surface area contributed by atoms with Gasteiger partial charge in [0.05, 0.1) is 6.20 Å². The molecule has 3 rings (SSSR count). The van der Waals surface area contributed by atoms with Crippen molar-refractivity contribution in [3.8, 4) is 0 Å². The predicted molar refractivity (Wildman–Crippen MR) is 82.2 cm³/mol. The number of fused-ring (bicyclic) bond motifs is 3. The van der Waals surface area contributed by atoms with Gasteiger partial charge >= 0.3 is 12.1 Å². The van der Waals surface area contributed by atoms with E-state index in [1.807, 2.05) is 0 Å².